The summed E-state index contributed by atoms with van der Waals surface area (Å²) in [6.45, 7) is 4.66. The van der Waals surface area contributed by atoms with Gasteiger partial charge in [-0.1, -0.05) is 12.1 Å². The van der Waals surface area contributed by atoms with Crippen LogP contribution in [0.25, 0.3) is 0 Å². The number of hydrogen-bond acceptors (Lipinski definition) is 5. The number of hydrogen-bond donors (Lipinski definition) is 0. The Labute approximate surface area is 181 Å². The van der Waals surface area contributed by atoms with Gasteiger partial charge in [-0.2, -0.15) is 0 Å². The molecule has 1 aromatic heterocycles. The summed E-state index contributed by atoms with van der Waals surface area (Å²) in [6, 6.07) is 5.80. The van der Waals surface area contributed by atoms with Crippen LogP contribution in [-0.4, -0.2) is 64.4 Å². The summed E-state index contributed by atoms with van der Waals surface area (Å²) in [4.78, 5) is 38.5. The van der Waals surface area contributed by atoms with Crippen LogP contribution in [0, 0.1) is 12.7 Å². The number of carbonyl (C=O) groups is 2. The Morgan fingerprint density at radius 3 is 2.58 bits per heavy atom. The van der Waals surface area contributed by atoms with E-state index in [-0.39, 0.29) is 30.1 Å². The maximum atomic E-state index is 13.2. The van der Waals surface area contributed by atoms with Crippen molar-refractivity contribution in [1.29, 1.82) is 0 Å². The van der Waals surface area contributed by atoms with E-state index in [1.165, 1.54) is 12.1 Å². The minimum atomic E-state index is -0.317. The lowest BCUT2D eigenvalue weighted by Crippen LogP contribution is -2.41. The molecule has 0 spiro atoms. The number of aromatic nitrogens is 2. The van der Waals surface area contributed by atoms with Crippen LogP contribution in [0.4, 0.5) is 4.39 Å². The zero-order valence-corrected chi connectivity index (χ0v) is 17.7. The van der Waals surface area contributed by atoms with Gasteiger partial charge in [0.25, 0.3) is 5.91 Å². The Morgan fingerprint density at radius 2 is 1.87 bits per heavy atom. The van der Waals surface area contributed by atoms with E-state index in [1.54, 1.807) is 23.2 Å². The van der Waals surface area contributed by atoms with Crippen LogP contribution in [0.5, 0.6) is 0 Å². The van der Waals surface area contributed by atoms with Gasteiger partial charge in [0.05, 0.1) is 36.9 Å². The second-order valence-electron chi connectivity index (χ2n) is 8.03. The van der Waals surface area contributed by atoms with Gasteiger partial charge in [0.1, 0.15) is 5.82 Å². The lowest BCUT2D eigenvalue weighted by molar-refractivity contribution is -0.134. The van der Waals surface area contributed by atoms with Gasteiger partial charge in [0.2, 0.25) is 5.91 Å². The highest BCUT2D eigenvalue weighted by molar-refractivity contribution is 5.95. The summed E-state index contributed by atoms with van der Waals surface area (Å²) < 4.78 is 18.5. The van der Waals surface area contributed by atoms with Crippen LogP contribution in [0.3, 0.4) is 0 Å². The van der Waals surface area contributed by atoms with E-state index in [9.17, 15) is 14.0 Å². The number of piperidine rings is 1. The van der Waals surface area contributed by atoms with Gasteiger partial charge in [-0.3, -0.25) is 9.59 Å². The van der Waals surface area contributed by atoms with E-state index in [2.05, 4.69) is 9.97 Å². The summed E-state index contributed by atoms with van der Waals surface area (Å²) in [5, 5.41) is 0. The lowest BCUT2D eigenvalue weighted by atomic mass is 9.99. The Hall–Kier alpha value is -2.87. The van der Waals surface area contributed by atoms with Gasteiger partial charge in [0.15, 0.2) is 5.82 Å². The van der Waals surface area contributed by atoms with Crippen molar-refractivity contribution in [1.82, 2.24) is 19.8 Å². The molecule has 1 atom stereocenters. The standard InChI is InChI=1S/C23H27FN4O3/c1-16-19(23(30)27-10-12-31-13-11-27)15-25-22(26-16)20-4-2-3-9-28(20)21(29)14-17-5-7-18(24)8-6-17/h5-8,15,20H,2-4,9-14H2,1H3. The number of benzene rings is 1. The molecule has 0 radical (unpaired) electrons. The topological polar surface area (TPSA) is 75.6 Å². The fourth-order valence-corrected chi connectivity index (χ4v) is 4.17. The molecule has 8 heteroatoms. The molecule has 2 aliphatic rings. The van der Waals surface area contributed by atoms with E-state index in [0.29, 0.717) is 49.9 Å². The molecule has 31 heavy (non-hydrogen) atoms. The highest BCUT2D eigenvalue weighted by atomic mass is 19.1. The second kappa shape index (κ2) is 9.51. The molecule has 4 rings (SSSR count). The van der Waals surface area contributed by atoms with Crippen molar-refractivity contribution in [3.63, 3.8) is 0 Å². The minimum absolute atomic E-state index is 0.0222. The number of likely N-dealkylation sites (tertiary alicyclic amines) is 1. The van der Waals surface area contributed by atoms with Gasteiger partial charge < -0.3 is 14.5 Å². The van der Waals surface area contributed by atoms with Crippen molar-refractivity contribution < 1.29 is 18.7 Å². The first kappa shape index (κ1) is 21.4. The van der Waals surface area contributed by atoms with Crippen molar-refractivity contribution in [3.8, 4) is 0 Å². The summed E-state index contributed by atoms with van der Waals surface area (Å²) in [6.07, 6.45) is 4.50. The van der Waals surface area contributed by atoms with Gasteiger partial charge >= 0.3 is 0 Å². The van der Waals surface area contributed by atoms with E-state index in [1.807, 2.05) is 11.8 Å². The Morgan fingerprint density at radius 1 is 1.13 bits per heavy atom. The van der Waals surface area contributed by atoms with Crippen molar-refractivity contribution in [2.75, 3.05) is 32.8 Å². The van der Waals surface area contributed by atoms with Crippen LogP contribution in [0.2, 0.25) is 0 Å². The average molecular weight is 426 g/mol. The molecule has 2 aromatic rings. The largest absolute Gasteiger partial charge is 0.378 e. The zero-order chi connectivity index (χ0) is 21.8. The number of nitrogens with zero attached hydrogens (tertiary/aromatic N) is 4. The quantitative estimate of drug-likeness (QED) is 0.752. The number of carbonyl (C=O) groups excluding carboxylic acids is 2. The number of aryl methyl sites for hydroxylation is 1. The fraction of sp³-hybridized carbons (Fsp3) is 0.478. The molecule has 2 aliphatic heterocycles. The van der Waals surface area contributed by atoms with Crippen molar-refractivity contribution in [2.45, 2.75) is 38.6 Å². The minimum Gasteiger partial charge on any atom is -0.378 e. The lowest BCUT2D eigenvalue weighted by Gasteiger charge is -2.35. The van der Waals surface area contributed by atoms with Crippen LogP contribution < -0.4 is 0 Å². The molecule has 2 saturated heterocycles. The van der Waals surface area contributed by atoms with Gasteiger partial charge in [0, 0.05) is 25.8 Å². The predicted molar refractivity (Wildman–Crippen MR) is 112 cm³/mol. The van der Waals surface area contributed by atoms with Gasteiger partial charge in [-0.05, 0) is 43.9 Å². The number of ether oxygens (including phenoxy) is 1. The van der Waals surface area contributed by atoms with Crippen molar-refractivity contribution >= 4 is 11.8 Å². The zero-order valence-electron chi connectivity index (χ0n) is 17.7. The maximum Gasteiger partial charge on any atom is 0.257 e. The summed E-state index contributed by atoms with van der Waals surface area (Å²) in [7, 11) is 0. The first-order valence-corrected chi connectivity index (χ1v) is 10.8. The number of halogens is 1. The van der Waals surface area contributed by atoms with E-state index in [4.69, 9.17) is 4.74 Å². The Bertz CT molecular complexity index is 944. The summed E-state index contributed by atoms with van der Waals surface area (Å²) in [5.74, 6) is 0.150. The molecule has 2 fully saturated rings. The SMILES string of the molecule is Cc1nc(C2CCCCN2C(=O)Cc2ccc(F)cc2)ncc1C(=O)N1CCOCC1. The predicted octanol–water partition coefficient (Wildman–Crippen LogP) is 2.69. The van der Waals surface area contributed by atoms with Crippen LogP contribution in [0.15, 0.2) is 30.5 Å². The highest BCUT2D eigenvalue weighted by Crippen LogP contribution is 2.30. The molecule has 0 N–H and O–H groups in total. The van der Waals surface area contributed by atoms with Gasteiger partial charge in [-0.15, -0.1) is 0 Å². The maximum absolute atomic E-state index is 13.2. The highest BCUT2D eigenvalue weighted by Gasteiger charge is 2.31. The van der Waals surface area contributed by atoms with E-state index in [0.717, 1.165) is 24.8 Å². The molecule has 1 unspecified atom stereocenters. The summed E-state index contributed by atoms with van der Waals surface area (Å²) in [5.41, 5.74) is 1.89. The molecule has 164 valence electrons. The number of amides is 2. The van der Waals surface area contributed by atoms with E-state index >= 15 is 0 Å². The fourth-order valence-electron chi connectivity index (χ4n) is 4.17. The smallest absolute Gasteiger partial charge is 0.257 e. The van der Waals surface area contributed by atoms with Crippen molar-refractivity contribution in [3.05, 3.63) is 58.9 Å². The first-order valence-electron chi connectivity index (χ1n) is 10.8. The molecular weight excluding hydrogens is 399 g/mol. The first-order chi connectivity index (χ1) is 15.0. The van der Waals surface area contributed by atoms with E-state index < -0.39 is 0 Å². The molecule has 2 amide bonds. The number of rotatable bonds is 4. The third-order valence-corrected chi connectivity index (χ3v) is 5.92. The third-order valence-electron chi connectivity index (χ3n) is 5.92. The molecule has 3 heterocycles. The molecule has 0 aliphatic carbocycles. The molecular formula is C23H27FN4O3. The van der Waals surface area contributed by atoms with Crippen LogP contribution in [-0.2, 0) is 16.0 Å². The molecule has 0 bridgehead atoms. The third kappa shape index (κ3) is 4.90. The monoisotopic (exact) mass is 426 g/mol. The second-order valence-corrected chi connectivity index (χ2v) is 8.03. The molecule has 1 aromatic carbocycles. The summed E-state index contributed by atoms with van der Waals surface area (Å²) >= 11 is 0. The van der Waals surface area contributed by atoms with Crippen LogP contribution >= 0.6 is 0 Å². The average Bonchev–Trinajstić information content (AvgIpc) is 2.80. The Kier molecular flexibility index (Phi) is 6.56. The normalized spacial score (nSPS) is 19.4. The molecule has 0 saturated carbocycles. The number of morpholine rings is 1. The van der Waals surface area contributed by atoms with Gasteiger partial charge in [-0.25, -0.2) is 14.4 Å². The Balaban J connectivity index is 1.50. The molecule has 7 nitrogen and oxygen atoms in total. The van der Waals surface area contributed by atoms with Crippen molar-refractivity contribution in [2.24, 2.45) is 0 Å². The van der Waals surface area contributed by atoms with Crippen LogP contribution in [0.1, 0.15) is 52.7 Å².